The number of benzene rings is 4. The second kappa shape index (κ2) is 13.9. The van der Waals surface area contributed by atoms with Crippen LogP contribution in [-0.2, 0) is 9.59 Å². The SMILES string of the molecule is NC(=O)CNC(=O)c1cc2ccccc2cc1OCCCCNC(=O)C(N)C(c1ccccc1)c1ccccc1. The van der Waals surface area contributed by atoms with Gasteiger partial charge in [0.05, 0.1) is 24.8 Å². The largest absolute Gasteiger partial charge is 0.493 e. The van der Waals surface area contributed by atoms with E-state index in [0.717, 1.165) is 21.9 Å². The Bertz CT molecular complexity index is 1400. The number of nitrogens with one attached hydrogen (secondary N) is 2. The van der Waals surface area contributed by atoms with Gasteiger partial charge in [0.1, 0.15) is 5.75 Å². The van der Waals surface area contributed by atoms with Crippen molar-refractivity contribution in [2.75, 3.05) is 19.7 Å². The topological polar surface area (TPSA) is 137 Å². The van der Waals surface area contributed by atoms with Crippen molar-refractivity contribution in [1.82, 2.24) is 10.6 Å². The minimum absolute atomic E-state index is 0.221. The summed E-state index contributed by atoms with van der Waals surface area (Å²) < 4.78 is 5.97. The van der Waals surface area contributed by atoms with E-state index in [4.69, 9.17) is 16.2 Å². The van der Waals surface area contributed by atoms with E-state index in [0.29, 0.717) is 37.3 Å². The van der Waals surface area contributed by atoms with Crippen LogP contribution in [0.2, 0.25) is 0 Å². The fourth-order valence-electron chi connectivity index (χ4n) is 4.60. The third-order valence-corrected chi connectivity index (χ3v) is 6.62. The molecule has 0 aromatic heterocycles. The van der Waals surface area contributed by atoms with Crippen molar-refractivity contribution in [3.8, 4) is 5.75 Å². The van der Waals surface area contributed by atoms with Crippen molar-refractivity contribution >= 4 is 28.5 Å². The van der Waals surface area contributed by atoms with Gasteiger partial charge in [-0.1, -0.05) is 84.9 Å². The van der Waals surface area contributed by atoms with Gasteiger partial charge in [-0.25, -0.2) is 0 Å². The standard InChI is InChI=1S/C32H34N4O4/c33-28(37)21-36-31(38)26-19-24-15-7-8-16-25(24)20-27(26)40-18-10-9-17-35-32(39)30(34)29(22-11-3-1-4-12-22)23-13-5-2-6-14-23/h1-8,11-16,19-20,29-30H,9-10,17-18,21,34H2,(H2,33,37)(H,35,39)(H,36,38). The molecule has 8 heteroatoms. The zero-order valence-electron chi connectivity index (χ0n) is 22.2. The van der Waals surface area contributed by atoms with Crippen molar-refractivity contribution in [1.29, 1.82) is 0 Å². The minimum Gasteiger partial charge on any atom is -0.493 e. The van der Waals surface area contributed by atoms with E-state index in [1.54, 1.807) is 6.07 Å². The molecule has 4 aromatic carbocycles. The van der Waals surface area contributed by atoms with Crippen LogP contribution in [0, 0.1) is 0 Å². The third-order valence-electron chi connectivity index (χ3n) is 6.62. The summed E-state index contributed by atoms with van der Waals surface area (Å²) in [7, 11) is 0. The lowest BCUT2D eigenvalue weighted by atomic mass is 9.85. The molecule has 0 spiro atoms. The summed E-state index contributed by atoms with van der Waals surface area (Å²) >= 11 is 0. The first-order valence-electron chi connectivity index (χ1n) is 13.3. The van der Waals surface area contributed by atoms with Crippen molar-refractivity contribution in [3.63, 3.8) is 0 Å². The van der Waals surface area contributed by atoms with Crippen LogP contribution in [0.15, 0.2) is 97.1 Å². The molecule has 40 heavy (non-hydrogen) atoms. The van der Waals surface area contributed by atoms with Gasteiger partial charge < -0.3 is 26.8 Å². The maximum Gasteiger partial charge on any atom is 0.255 e. The van der Waals surface area contributed by atoms with Crippen LogP contribution in [0.1, 0.15) is 40.2 Å². The molecule has 4 aromatic rings. The number of rotatable bonds is 13. The Morgan fingerprint density at radius 2 is 1.32 bits per heavy atom. The number of primary amides is 1. The van der Waals surface area contributed by atoms with E-state index in [9.17, 15) is 14.4 Å². The van der Waals surface area contributed by atoms with Crippen molar-refractivity contribution in [2.24, 2.45) is 11.5 Å². The Kier molecular flexibility index (Phi) is 9.85. The van der Waals surface area contributed by atoms with Crippen LogP contribution in [0.4, 0.5) is 0 Å². The summed E-state index contributed by atoms with van der Waals surface area (Å²) in [5, 5.41) is 7.28. The number of unbranched alkanes of at least 4 members (excludes halogenated alkanes) is 1. The molecule has 0 saturated carbocycles. The molecule has 0 aliphatic rings. The molecule has 3 amide bonds. The molecule has 1 atom stereocenters. The fraction of sp³-hybridized carbons (Fsp3) is 0.219. The summed E-state index contributed by atoms with van der Waals surface area (Å²) in [5.74, 6) is -1.14. The summed E-state index contributed by atoms with van der Waals surface area (Å²) in [4.78, 5) is 36.8. The zero-order chi connectivity index (χ0) is 28.3. The molecule has 206 valence electrons. The van der Waals surface area contributed by atoms with Crippen LogP contribution < -0.4 is 26.8 Å². The van der Waals surface area contributed by atoms with Gasteiger partial charge in [0.25, 0.3) is 5.91 Å². The van der Waals surface area contributed by atoms with Crippen LogP contribution in [0.3, 0.4) is 0 Å². The lowest BCUT2D eigenvalue weighted by Crippen LogP contribution is -2.45. The van der Waals surface area contributed by atoms with E-state index < -0.39 is 17.9 Å². The molecule has 4 rings (SSSR count). The van der Waals surface area contributed by atoms with Gasteiger partial charge in [0, 0.05) is 12.5 Å². The fourth-order valence-corrected chi connectivity index (χ4v) is 4.60. The molecular weight excluding hydrogens is 504 g/mol. The molecule has 0 heterocycles. The van der Waals surface area contributed by atoms with Crippen LogP contribution >= 0.6 is 0 Å². The molecule has 6 N–H and O–H groups in total. The summed E-state index contributed by atoms with van der Waals surface area (Å²) in [6, 6.07) is 30.0. The van der Waals surface area contributed by atoms with E-state index in [2.05, 4.69) is 10.6 Å². The predicted molar refractivity (Wildman–Crippen MR) is 156 cm³/mol. The number of amides is 3. The van der Waals surface area contributed by atoms with Crippen LogP contribution in [-0.4, -0.2) is 43.5 Å². The van der Waals surface area contributed by atoms with Gasteiger partial charge in [-0.15, -0.1) is 0 Å². The number of carbonyl (C=O) groups excluding carboxylic acids is 3. The maximum absolute atomic E-state index is 13.0. The van der Waals surface area contributed by atoms with E-state index >= 15 is 0 Å². The van der Waals surface area contributed by atoms with Crippen molar-refractivity contribution in [2.45, 2.75) is 24.8 Å². The molecule has 0 aliphatic heterocycles. The second-order valence-corrected chi connectivity index (χ2v) is 9.52. The molecule has 0 fully saturated rings. The summed E-state index contributed by atoms with van der Waals surface area (Å²) in [6.07, 6.45) is 1.31. The quantitative estimate of drug-likeness (QED) is 0.193. The number of nitrogens with two attached hydrogens (primary N) is 2. The molecule has 0 aliphatic carbocycles. The van der Waals surface area contributed by atoms with Crippen LogP contribution in [0.5, 0.6) is 5.75 Å². The number of ether oxygens (including phenoxy) is 1. The van der Waals surface area contributed by atoms with E-state index in [1.807, 2.05) is 91.0 Å². The Morgan fingerprint density at radius 1 is 0.750 bits per heavy atom. The minimum atomic E-state index is -0.750. The number of carbonyl (C=O) groups is 3. The first-order chi connectivity index (χ1) is 19.4. The van der Waals surface area contributed by atoms with Crippen molar-refractivity contribution in [3.05, 3.63) is 114 Å². The molecule has 0 bridgehead atoms. The first kappa shape index (κ1) is 28.3. The monoisotopic (exact) mass is 538 g/mol. The smallest absolute Gasteiger partial charge is 0.255 e. The Morgan fingerprint density at radius 3 is 1.93 bits per heavy atom. The van der Waals surface area contributed by atoms with Gasteiger partial charge in [-0.2, -0.15) is 0 Å². The summed E-state index contributed by atoms with van der Waals surface area (Å²) in [6.45, 7) is 0.519. The van der Waals surface area contributed by atoms with E-state index in [1.165, 1.54) is 0 Å². The van der Waals surface area contributed by atoms with Gasteiger partial charge in [-0.3, -0.25) is 14.4 Å². The number of fused-ring (bicyclic) bond motifs is 1. The number of hydrogen-bond acceptors (Lipinski definition) is 5. The van der Waals surface area contributed by atoms with Gasteiger partial charge in [-0.05, 0) is 46.9 Å². The first-order valence-corrected chi connectivity index (χ1v) is 13.3. The summed E-state index contributed by atoms with van der Waals surface area (Å²) in [5.41, 5.74) is 13.9. The molecule has 0 saturated heterocycles. The number of hydrogen-bond donors (Lipinski definition) is 4. The Balaban J connectivity index is 1.32. The molecule has 0 radical (unpaired) electrons. The Hall–Kier alpha value is -4.69. The molecule has 1 unspecified atom stereocenters. The van der Waals surface area contributed by atoms with Gasteiger partial charge >= 0.3 is 0 Å². The van der Waals surface area contributed by atoms with Gasteiger partial charge in [0.15, 0.2) is 0 Å². The highest BCUT2D eigenvalue weighted by Crippen LogP contribution is 2.28. The van der Waals surface area contributed by atoms with E-state index in [-0.39, 0.29) is 18.4 Å². The van der Waals surface area contributed by atoms with Gasteiger partial charge in [0.2, 0.25) is 11.8 Å². The lowest BCUT2D eigenvalue weighted by molar-refractivity contribution is -0.122. The maximum atomic E-state index is 13.0. The zero-order valence-corrected chi connectivity index (χ0v) is 22.2. The average Bonchev–Trinajstić information content (AvgIpc) is 2.98. The lowest BCUT2D eigenvalue weighted by Gasteiger charge is -2.24. The third kappa shape index (κ3) is 7.45. The average molecular weight is 539 g/mol. The highest BCUT2D eigenvalue weighted by atomic mass is 16.5. The van der Waals surface area contributed by atoms with Crippen LogP contribution in [0.25, 0.3) is 10.8 Å². The molecular formula is C32H34N4O4. The highest BCUT2D eigenvalue weighted by Gasteiger charge is 2.27. The second-order valence-electron chi connectivity index (χ2n) is 9.52. The predicted octanol–water partition coefficient (Wildman–Crippen LogP) is 3.49. The Labute approximate surface area is 233 Å². The highest BCUT2D eigenvalue weighted by molar-refractivity contribution is 6.02. The normalized spacial score (nSPS) is 11.7. The van der Waals surface area contributed by atoms with Crippen molar-refractivity contribution < 1.29 is 19.1 Å². The molecule has 8 nitrogen and oxygen atoms in total.